The summed E-state index contributed by atoms with van der Waals surface area (Å²) in [7, 11) is 1.75. The smallest absolute Gasteiger partial charge is 0.410 e. The Morgan fingerprint density at radius 2 is 2.12 bits per heavy atom. The molecular formula is C18H31N5O2S. The molecule has 0 radical (unpaired) electrons. The summed E-state index contributed by atoms with van der Waals surface area (Å²) in [6.45, 7) is 11.9. The molecule has 2 heterocycles. The monoisotopic (exact) mass is 381 g/mol. The van der Waals surface area contributed by atoms with Crippen LogP contribution in [0.1, 0.15) is 43.3 Å². The second-order valence-corrected chi connectivity index (χ2v) is 8.73. The van der Waals surface area contributed by atoms with Crippen molar-refractivity contribution in [2.75, 3.05) is 26.7 Å². The van der Waals surface area contributed by atoms with Crippen molar-refractivity contribution < 1.29 is 9.53 Å². The van der Waals surface area contributed by atoms with E-state index in [1.165, 1.54) is 10.6 Å². The number of likely N-dealkylation sites (tertiary alicyclic amines) is 1. The number of hydrogen-bond acceptors (Lipinski definition) is 5. The first-order valence-electron chi connectivity index (χ1n) is 9.12. The number of aromatic nitrogens is 1. The summed E-state index contributed by atoms with van der Waals surface area (Å²) in [5.74, 6) is 0.753. The van der Waals surface area contributed by atoms with Crippen molar-refractivity contribution in [1.82, 2.24) is 20.5 Å². The highest BCUT2D eigenvalue weighted by Crippen LogP contribution is 2.18. The fourth-order valence-electron chi connectivity index (χ4n) is 2.64. The first-order valence-corrected chi connectivity index (χ1v) is 9.93. The number of rotatable bonds is 5. The molecule has 2 rings (SSSR count). The van der Waals surface area contributed by atoms with Crippen molar-refractivity contribution in [3.63, 3.8) is 0 Å². The molecule has 1 aliphatic heterocycles. The predicted molar refractivity (Wildman–Crippen MR) is 106 cm³/mol. The summed E-state index contributed by atoms with van der Waals surface area (Å²) in [6.07, 6.45) is 1.60. The van der Waals surface area contributed by atoms with Crippen LogP contribution in [-0.4, -0.2) is 60.3 Å². The number of carbonyl (C=O) groups excluding carboxylic acids is 1. The molecule has 146 valence electrons. The number of aliphatic imine (C=N–C) groups is 1. The predicted octanol–water partition coefficient (Wildman–Crippen LogP) is 2.34. The largest absolute Gasteiger partial charge is 0.444 e. The van der Waals surface area contributed by atoms with Gasteiger partial charge >= 0.3 is 6.09 Å². The molecule has 1 aromatic rings. The minimum atomic E-state index is -0.459. The summed E-state index contributed by atoms with van der Waals surface area (Å²) in [6, 6.07) is 0.197. The number of ether oxygens (including phenoxy) is 1. The molecule has 0 spiro atoms. The van der Waals surface area contributed by atoms with Gasteiger partial charge in [0.05, 0.1) is 16.7 Å². The molecule has 0 atom stereocenters. The van der Waals surface area contributed by atoms with Gasteiger partial charge in [0.25, 0.3) is 0 Å². The summed E-state index contributed by atoms with van der Waals surface area (Å²) in [5.41, 5.74) is 0.739. The van der Waals surface area contributed by atoms with Gasteiger partial charge in [-0.15, -0.1) is 11.3 Å². The second kappa shape index (κ2) is 8.70. The topological polar surface area (TPSA) is 78.9 Å². The molecule has 0 aromatic carbocycles. The molecule has 0 unspecified atom stereocenters. The maximum absolute atomic E-state index is 11.9. The molecule has 26 heavy (non-hydrogen) atoms. The maximum atomic E-state index is 11.9. The van der Waals surface area contributed by atoms with Crippen LogP contribution in [-0.2, 0) is 17.6 Å². The Balaban J connectivity index is 1.70. The Morgan fingerprint density at radius 1 is 1.42 bits per heavy atom. The Hall–Kier alpha value is -1.83. The fourth-order valence-corrected chi connectivity index (χ4v) is 3.67. The molecule has 0 bridgehead atoms. The number of carbonyl (C=O) groups is 1. The van der Waals surface area contributed by atoms with Crippen LogP contribution < -0.4 is 10.6 Å². The van der Waals surface area contributed by atoms with E-state index in [0.717, 1.165) is 30.4 Å². The van der Waals surface area contributed by atoms with Gasteiger partial charge in [-0.3, -0.25) is 4.99 Å². The maximum Gasteiger partial charge on any atom is 0.410 e. The lowest BCUT2D eigenvalue weighted by atomic mass is 10.1. The zero-order chi connectivity index (χ0) is 19.3. The van der Waals surface area contributed by atoms with E-state index in [1.54, 1.807) is 23.3 Å². The van der Waals surface area contributed by atoms with Crippen molar-refractivity contribution >= 4 is 23.4 Å². The summed E-state index contributed by atoms with van der Waals surface area (Å²) in [5, 5.41) is 7.81. The summed E-state index contributed by atoms with van der Waals surface area (Å²) >= 11 is 1.77. The number of guanidine groups is 1. The van der Waals surface area contributed by atoms with Crippen LogP contribution >= 0.6 is 11.3 Å². The summed E-state index contributed by atoms with van der Waals surface area (Å²) in [4.78, 5) is 23.9. The first-order chi connectivity index (χ1) is 12.2. The lowest BCUT2D eigenvalue weighted by Gasteiger charge is -2.40. The molecule has 1 fully saturated rings. The third-order valence-electron chi connectivity index (χ3n) is 4.00. The van der Waals surface area contributed by atoms with Crippen molar-refractivity contribution in [3.05, 3.63) is 15.6 Å². The third-order valence-corrected chi connectivity index (χ3v) is 5.07. The zero-order valence-corrected chi connectivity index (χ0v) is 17.5. The molecule has 1 amide bonds. The van der Waals surface area contributed by atoms with Gasteiger partial charge in [0, 0.05) is 38.0 Å². The van der Waals surface area contributed by atoms with Crippen molar-refractivity contribution in [3.8, 4) is 0 Å². The van der Waals surface area contributed by atoms with Gasteiger partial charge in [-0.1, -0.05) is 6.92 Å². The molecule has 7 nitrogen and oxygen atoms in total. The number of nitrogens with zero attached hydrogens (tertiary/aromatic N) is 3. The minimum absolute atomic E-state index is 0.197. The van der Waals surface area contributed by atoms with Gasteiger partial charge in [0.2, 0.25) is 0 Å². The van der Waals surface area contributed by atoms with Crippen LogP contribution in [0.2, 0.25) is 0 Å². The van der Waals surface area contributed by atoms with Crippen LogP contribution in [0.3, 0.4) is 0 Å². The van der Waals surface area contributed by atoms with Crippen LogP contribution in [0.4, 0.5) is 4.79 Å². The van der Waals surface area contributed by atoms with E-state index < -0.39 is 5.60 Å². The number of thiazole rings is 1. The first kappa shape index (κ1) is 20.5. The highest BCUT2D eigenvalue weighted by Gasteiger charge is 2.34. The number of amides is 1. The van der Waals surface area contributed by atoms with Gasteiger partial charge in [-0.2, -0.15) is 0 Å². The standard InChI is InChI=1S/C18H31N5O2S/c1-7-14-12(2)26-15(22-14)8-9-20-16(19-6)21-13-10-23(11-13)17(24)25-18(3,4)5/h13H,7-11H2,1-6H3,(H2,19,20,21). The quantitative estimate of drug-likeness (QED) is 0.605. The Kier molecular flexibility index (Phi) is 6.86. The third kappa shape index (κ3) is 5.86. The highest BCUT2D eigenvalue weighted by atomic mass is 32.1. The molecular weight excluding hydrogens is 350 g/mol. The van der Waals surface area contributed by atoms with Crippen LogP contribution in [0, 0.1) is 6.92 Å². The molecule has 1 saturated heterocycles. The molecule has 1 aromatic heterocycles. The molecule has 1 aliphatic rings. The molecule has 0 saturated carbocycles. The average Bonchev–Trinajstić information content (AvgIpc) is 2.86. The number of nitrogens with one attached hydrogen (secondary N) is 2. The Morgan fingerprint density at radius 3 is 2.65 bits per heavy atom. The van der Waals surface area contributed by atoms with Crippen molar-refractivity contribution in [2.45, 2.75) is 59.1 Å². The van der Waals surface area contributed by atoms with Crippen LogP contribution in [0.25, 0.3) is 0 Å². The molecule has 8 heteroatoms. The van der Waals surface area contributed by atoms with E-state index in [0.29, 0.717) is 13.1 Å². The average molecular weight is 382 g/mol. The van der Waals surface area contributed by atoms with Crippen molar-refractivity contribution in [1.29, 1.82) is 0 Å². The summed E-state index contributed by atoms with van der Waals surface area (Å²) < 4.78 is 5.36. The highest BCUT2D eigenvalue weighted by molar-refractivity contribution is 7.11. The van der Waals surface area contributed by atoms with E-state index in [2.05, 4.69) is 34.5 Å². The van der Waals surface area contributed by atoms with E-state index in [9.17, 15) is 4.79 Å². The zero-order valence-electron chi connectivity index (χ0n) is 16.7. The van der Waals surface area contributed by atoms with Gasteiger partial charge in [0.1, 0.15) is 5.60 Å². The van der Waals surface area contributed by atoms with E-state index in [1.807, 2.05) is 20.8 Å². The van der Waals surface area contributed by atoms with E-state index >= 15 is 0 Å². The molecule has 0 aliphatic carbocycles. The molecule has 2 N–H and O–H groups in total. The SMILES string of the molecule is CCc1nc(CCNC(=NC)NC2CN(C(=O)OC(C)(C)C)C2)sc1C. The fraction of sp³-hybridized carbons (Fsp3) is 0.722. The van der Waals surface area contributed by atoms with Gasteiger partial charge in [0.15, 0.2) is 5.96 Å². The lowest BCUT2D eigenvalue weighted by molar-refractivity contribution is 0.00701. The van der Waals surface area contributed by atoms with Crippen LogP contribution in [0.15, 0.2) is 4.99 Å². The van der Waals surface area contributed by atoms with Gasteiger partial charge < -0.3 is 20.3 Å². The van der Waals surface area contributed by atoms with E-state index in [4.69, 9.17) is 4.74 Å². The normalized spacial score (nSPS) is 15.6. The number of hydrogen-bond donors (Lipinski definition) is 2. The second-order valence-electron chi connectivity index (χ2n) is 7.44. The number of aryl methyl sites for hydroxylation is 2. The van der Waals surface area contributed by atoms with Gasteiger partial charge in [-0.05, 0) is 34.1 Å². The Labute approximate surface area is 160 Å². The lowest BCUT2D eigenvalue weighted by Crippen LogP contribution is -2.63. The van der Waals surface area contributed by atoms with Crippen LogP contribution in [0.5, 0.6) is 0 Å². The minimum Gasteiger partial charge on any atom is -0.444 e. The van der Waals surface area contributed by atoms with E-state index in [-0.39, 0.29) is 12.1 Å². The van der Waals surface area contributed by atoms with Gasteiger partial charge in [-0.25, -0.2) is 9.78 Å². The van der Waals surface area contributed by atoms with Crippen molar-refractivity contribution in [2.24, 2.45) is 4.99 Å². The Bertz CT molecular complexity index is 644.